The second kappa shape index (κ2) is 4.47. The number of anilines is 2. The van der Waals surface area contributed by atoms with Crippen molar-refractivity contribution in [3.8, 4) is 0 Å². The molecule has 4 N–H and O–H groups in total. The van der Waals surface area contributed by atoms with Gasteiger partial charge in [-0.3, -0.25) is 9.89 Å². The summed E-state index contributed by atoms with van der Waals surface area (Å²) in [6, 6.07) is 4.90. The Morgan fingerprint density at radius 2 is 2.29 bits per heavy atom. The van der Waals surface area contributed by atoms with E-state index in [4.69, 9.17) is 17.3 Å². The number of aromatic nitrogens is 2. The van der Waals surface area contributed by atoms with E-state index in [2.05, 4.69) is 15.5 Å². The van der Waals surface area contributed by atoms with Gasteiger partial charge in [-0.2, -0.15) is 5.10 Å². The molecule has 1 aromatic carbocycles. The van der Waals surface area contributed by atoms with E-state index < -0.39 is 0 Å². The minimum Gasteiger partial charge on any atom is -0.397 e. The molecule has 1 heterocycles. The average Bonchev–Trinajstić information content (AvgIpc) is 2.70. The highest BCUT2D eigenvalue weighted by Gasteiger charge is 2.12. The number of nitrogens with zero attached hydrogens (tertiary/aromatic N) is 1. The summed E-state index contributed by atoms with van der Waals surface area (Å²) in [4.78, 5) is 11.9. The summed E-state index contributed by atoms with van der Waals surface area (Å²) in [5, 5.41) is 9.67. The van der Waals surface area contributed by atoms with Gasteiger partial charge in [0.1, 0.15) is 0 Å². The van der Waals surface area contributed by atoms with Crippen molar-refractivity contribution in [2.75, 3.05) is 11.1 Å². The third-order valence-electron chi connectivity index (χ3n) is 2.34. The minimum atomic E-state index is -0.273. The highest BCUT2D eigenvalue weighted by molar-refractivity contribution is 6.31. The number of carbonyl (C=O) groups excluding carboxylic acids is 1. The van der Waals surface area contributed by atoms with E-state index in [1.165, 1.54) is 6.20 Å². The normalized spacial score (nSPS) is 10.2. The van der Waals surface area contributed by atoms with Gasteiger partial charge in [0, 0.05) is 10.7 Å². The van der Waals surface area contributed by atoms with E-state index in [-0.39, 0.29) is 5.91 Å². The average molecular weight is 251 g/mol. The summed E-state index contributed by atoms with van der Waals surface area (Å²) >= 11 is 5.83. The Morgan fingerprint density at radius 1 is 1.53 bits per heavy atom. The van der Waals surface area contributed by atoms with E-state index in [9.17, 15) is 4.79 Å². The number of nitrogens with one attached hydrogen (secondary N) is 2. The van der Waals surface area contributed by atoms with E-state index in [0.717, 1.165) is 0 Å². The molecule has 0 aliphatic rings. The number of hydrogen-bond donors (Lipinski definition) is 3. The van der Waals surface area contributed by atoms with Crippen LogP contribution in [-0.2, 0) is 0 Å². The molecule has 1 aromatic heterocycles. The van der Waals surface area contributed by atoms with Crippen LogP contribution in [0.4, 0.5) is 11.4 Å². The van der Waals surface area contributed by atoms with E-state index in [0.29, 0.717) is 27.7 Å². The molecule has 6 heteroatoms. The van der Waals surface area contributed by atoms with Gasteiger partial charge in [-0.1, -0.05) is 11.6 Å². The van der Waals surface area contributed by atoms with E-state index in [1.54, 1.807) is 25.1 Å². The van der Waals surface area contributed by atoms with Crippen molar-refractivity contribution < 1.29 is 4.79 Å². The van der Waals surface area contributed by atoms with Crippen LogP contribution >= 0.6 is 11.6 Å². The molecule has 1 amide bonds. The molecule has 0 aliphatic heterocycles. The Bertz CT molecular complexity index is 564. The molecular weight excluding hydrogens is 240 g/mol. The number of halogens is 1. The van der Waals surface area contributed by atoms with Crippen LogP contribution in [0.25, 0.3) is 0 Å². The molecule has 2 aromatic rings. The fraction of sp³-hybridized carbons (Fsp3) is 0.0909. The van der Waals surface area contributed by atoms with Crippen LogP contribution in [0.3, 0.4) is 0 Å². The molecule has 88 valence electrons. The number of benzene rings is 1. The molecule has 0 spiro atoms. The molecule has 2 rings (SSSR count). The molecule has 0 atom stereocenters. The number of aromatic amines is 1. The zero-order valence-electron chi connectivity index (χ0n) is 9.12. The summed E-state index contributed by atoms with van der Waals surface area (Å²) in [7, 11) is 0. The topological polar surface area (TPSA) is 83.8 Å². The Morgan fingerprint density at radius 3 is 2.94 bits per heavy atom. The van der Waals surface area contributed by atoms with Crippen LogP contribution < -0.4 is 11.1 Å². The smallest absolute Gasteiger partial charge is 0.259 e. The Hall–Kier alpha value is -2.01. The number of aryl methyl sites for hydroxylation is 1. The first kappa shape index (κ1) is 11.5. The van der Waals surface area contributed by atoms with Crippen LogP contribution in [-0.4, -0.2) is 16.1 Å². The Kier molecular flexibility index (Phi) is 3.01. The number of carbonyl (C=O) groups is 1. The van der Waals surface area contributed by atoms with Crippen molar-refractivity contribution in [3.05, 3.63) is 40.7 Å². The van der Waals surface area contributed by atoms with Crippen molar-refractivity contribution in [3.63, 3.8) is 0 Å². The number of nitrogens with two attached hydrogens (primary N) is 1. The summed E-state index contributed by atoms with van der Waals surface area (Å²) in [5.74, 6) is -0.273. The van der Waals surface area contributed by atoms with Crippen LogP contribution in [0.2, 0.25) is 5.02 Å². The van der Waals surface area contributed by atoms with Crippen LogP contribution in [0.15, 0.2) is 24.4 Å². The maximum absolute atomic E-state index is 11.9. The van der Waals surface area contributed by atoms with Crippen molar-refractivity contribution >= 4 is 28.9 Å². The summed E-state index contributed by atoms with van der Waals surface area (Å²) in [6.45, 7) is 1.77. The van der Waals surface area contributed by atoms with Crippen LogP contribution in [0.5, 0.6) is 0 Å². The molecule has 5 nitrogen and oxygen atoms in total. The predicted molar refractivity (Wildman–Crippen MR) is 67.1 cm³/mol. The lowest BCUT2D eigenvalue weighted by molar-refractivity contribution is 0.102. The lowest BCUT2D eigenvalue weighted by atomic mass is 10.2. The van der Waals surface area contributed by atoms with Gasteiger partial charge < -0.3 is 11.1 Å². The second-order valence-electron chi connectivity index (χ2n) is 3.59. The van der Waals surface area contributed by atoms with Gasteiger partial charge in [0.05, 0.1) is 23.1 Å². The maximum atomic E-state index is 11.9. The van der Waals surface area contributed by atoms with Crippen LogP contribution in [0.1, 0.15) is 16.1 Å². The third kappa shape index (κ3) is 2.39. The lowest BCUT2D eigenvalue weighted by Crippen LogP contribution is -2.13. The molecule has 0 unspecified atom stereocenters. The largest absolute Gasteiger partial charge is 0.397 e. The highest BCUT2D eigenvalue weighted by Crippen LogP contribution is 2.23. The Balaban J connectivity index is 2.24. The fourth-order valence-corrected chi connectivity index (χ4v) is 1.58. The summed E-state index contributed by atoms with van der Waals surface area (Å²) in [6.07, 6.45) is 1.46. The van der Waals surface area contributed by atoms with Gasteiger partial charge in [0.2, 0.25) is 0 Å². The second-order valence-corrected chi connectivity index (χ2v) is 4.03. The first-order valence-corrected chi connectivity index (χ1v) is 5.32. The molecule has 17 heavy (non-hydrogen) atoms. The number of hydrogen-bond acceptors (Lipinski definition) is 3. The molecular formula is C11H11ClN4O. The van der Waals surface area contributed by atoms with Crippen molar-refractivity contribution in [1.82, 2.24) is 10.2 Å². The quantitative estimate of drug-likeness (QED) is 0.715. The minimum absolute atomic E-state index is 0.273. The zero-order valence-corrected chi connectivity index (χ0v) is 9.88. The SMILES string of the molecule is Cc1[nH]ncc1C(=O)Nc1cc(Cl)ccc1N. The number of amides is 1. The third-order valence-corrected chi connectivity index (χ3v) is 2.57. The van der Waals surface area contributed by atoms with Gasteiger partial charge >= 0.3 is 0 Å². The van der Waals surface area contributed by atoms with Gasteiger partial charge in [0.15, 0.2) is 0 Å². The Labute approximate surface area is 103 Å². The molecule has 0 saturated carbocycles. The molecule has 0 aliphatic carbocycles. The van der Waals surface area contributed by atoms with E-state index >= 15 is 0 Å². The highest BCUT2D eigenvalue weighted by atomic mass is 35.5. The van der Waals surface area contributed by atoms with Crippen molar-refractivity contribution in [2.45, 2.75) is 6.92 Å². The number of nitrogen functional groups attached to an aromatic ring is 1. The van der Waals surface area contributed by atoms with Gasteiger partial charge in [-0.15, -0.1) is 0 Å². The first-order chi connectivity index (χ1) is 8.08. The predicted octanol–water partition coefficient (Wildman–Crippen LogP) is 2.21. The summed E-state index contributed by atoms with van der Waals surface area (Å²) < 4.78 is 0. The van der Waals surface area contributed by atoms with Gasteiger partial charge in [-0.05, 0) is 25.1 Å². The monoisotopic (exact) mass is 250 g/mol. The molecule has 0 fully saturated rings. The van der Waals surface area contributed by atoms with Crippen molar-refractivity contribution in [2.24, 2.45) is 0 Å². The number of rotatable bonds is 2. The zero-order chi connectivity index (χ0) is 12.4. The standard InChI is InChI=1S/C11H11ClN4O/c1-6-8(5-14-16-6)11(17)15-10-4-7(12)2-3-9(10)13/h2-5H,13H2,1H3,(H,14,16)(H,15,17). The molecule has 0 radical (unpaired) electrons. The lowest BCUT2D eigenvalue weighted by Gasteiger charge is -2.07. The molecule has 0 saturated heterocycles. The fourth-order valence-electron chi connectivity index (χ4n) is 1.41. The van der Waals surface area contributed by atoms with E-state index in [1.807, 2.05) is 0 Å². The molecule has 0 bridgehead atoms. The first-order valence-electron chi connectivity index (χ1n) is 4.94. The van der Waals surface area contributed by atoms with Crippen molar-refractivity contribution in [1.29, 1.82) is 0 Å². The number of H-pyrrole nitrogens is 1. The van der Waals surface area contributed by atoms with Gasteiger partial charge in [0.25, 0.3) is 5.91 Å². The maximum Gasteiger partial charge on any atom is 0.259 e. The summed E-state index contributed by atoms with van der Waals surface area (Å²) in [5.41, 5.74) is 7.86. The van der Waals surface area contributed by atoms with Crippen LogP contribution in [0, 0.1) is 6.92 Å². The van der Waals surface area contributed by atoms with Gasteiger partial charge in [-0.25, -0.2) is 0 Å².